The van der Waals surface area contributed by atoms with Gasteiger partial charge in [0, 0.05) is 0 Å². The van der Waals surface area contributed by atoms with Gasteiger partial charge in [0.2, 0.25) is 5.95 Å². The molecule has 0 saturated carbocycles. The number of aromatic nitrogens is 4. The van der Waals surface area contributed by atoms with Gasteiger partial charge in [0.15, 0.2) is 5.65 Å². The van der Waals surface area contributed by atoms with Crippen molar-refractivity contribution >= 4 is 28.9 Å². The molecule has 126 valence electrons. The monoisotopic (exact) mass is 343 g/mol. The first-order valence-electron chi connectivity index (χ1n) is 8.11. The number of benzene rings is 1. The average molecular weight is 343 g/mol. The van der Waals surface area contributed by atoms with Crippen molar-refractivity contribution in [1.29, 1.82) is 0 Å². The molecule has 24 heavy (non-hydrogen) atoms. The first-order valence-corrected chi connectivity index (χ1v) is 9.10. The second-order valence-electron chi connectivity index (χ2n) is 5.64. The zero-order valence-corrected chi connectivity index (χ0v) is 14.5. The summed E-state index contributed by atoms with van der Waals surface area (Å²) in [6.45, 7) is 2.63. The van der Waals surface area contributed by atoms with Crippen LogP contribution >= 0.6 is 11.8 Å². The summed E-state index contributed by atoms with van der Waals surface area (Å²) in [5.74, 6) is 1.15. The van der Waals surface area contributed by atoms with Crippen molar-refractivity contribution in [3.05, 3.63) is 46.4 Å². The lowest BCUT2D eigenvalue weighted by Crippen LogP contribution is -2.17. The summed E-state index contributed by atoms with van der Waals surface area (Å²) in [7, 11) is 0. The lowest BCUT2D eigenvalue weighted by molar-refractivity contribution is 0.777. The molecule has 0 saturated heterocycles. The standard InChI is InChI=1S/C17H21N5OS/c1-2-3-7-10-24-15-13-14(20-16(18)21-15)22(17(23)19-13)11-12-8-5-4-6-9-12/h4-6,8-9H,2-3,7,10-11H2,1H3,(H,19,23)(H2,18,20,21). The van der Waals surface area contributed by atoms with Crippen molar-refractivity contribution in [2.24, 2.45) is 0 Å². The van der Waals surface area contributed by atoms with Crippen molar-refractivity contribution in [3.8, 4) is 0 Å². The molecule has 0 bridgehead atoms. The van der Waals surface area contributed by atoms with Crippen LogP contribution in [0.5, 0.6) is 0 Å². The van der Waals surface area contributed by atoms with E-state index in [0.29, 0.717) is 17.7 Å². The van der Waals surface area contributed by atoms with E-state index in [2.05, 4.69) is 21.9 Å². The van der Waals surface area contributed by atoms with Crippen LogP contribution in [0.15, 0.2) is 40.2 Å². The molecule has 0 unspecified atom stereocenters. The normalized spacial score (nSPS) is 11.2. The molecule has 3 rings (SSSR count). The molecule has 2 aromatic heterocycles. The van der Waals surface area contributed by atoms with E-state index in [-0.39, 0.29) is 11.6 Å². The molecule has 0 amide bonds. The predicted octanol–water partition coefficient (Wildman–Crippen LogP) is 3.03. The summed E-state index contributed by atoms with van der Waals surface area (Å²) in [4.78, 5) is 23.9. The number of nitrogens with one attached hydrogen (secondary N) is 1. The van der Waals surface area contributed by atoms with Crippen LogP contribution in [-0.4, -0.2) is 25.3 Å². The number of thioether (sulfide) groups is 1. The number of rotatable bonds is 7. The largest absolute Gasteiger partial charge is 0.368 e. The second-order valence-corrected chi connectivity index (χ2v) is 6.73. The number of nitrogens with two attached hydrogens (primary N) is 1. The Bertz CT molecular complexity index is 872. The van der Waals surface area contributed by atoms with Crippen LogP contribution < -0.4 is 11.4 Å². The summed E-state index contributed by atoms with van der Waals surface area (Å²) in [6, 6.07) is 9.82. The Kier molecular flexibility index (Phi) is 5.20. The maximum atomic E-state index is 12.4. The Morgan fingerprint density at radius 1 is 1.21 bits per heavy atom. The third kappa shape index (κ3) is 3.62. The third-order valence-electron chi connectivity index (χ3n) is 3.78. The fourth-order valence-corrected chi connectivity index (χ4v) is 3.54. The molecule has 0 aliphatic heterocycles. The van der Waals surface area contributed by atoms with Crippen LogP contribution in [0.2, 0.25) is 0 Å². The fraction of sp³-hybridized carbons (Fsp3) is 0.353. The van der Waals surface area contributed by atoms with Gasteiger partial charge in [0.1, 0.15) is 10.5 Å². The number of imidazole rings is 1. The number of nitrogen functional groups attached to an aromatic ring is 1. The highest BCUT2D eigenvalue weighted by molar-refractivity contribution is 7.99. The zero-order chi connectivity index (χ0) is 16.9. The van der Waals surface area contributed by atoms with Gasteiger partial charge in [0.25, 0.3) is 0 Å². The molecular weight excluding hydrogens is 322 g/mol. The highest BCUT2D eigenvalue weighted by Crippen LogP contribution is 2.25. The van der Waals surface area contributed by atoms with Gasteiger partial charge in [-0.1, -0.05) is 50.1 Å². The van der Waals surface area contributed by atoms with Crippen LogP contribution in [0.1, 0.15) is 31.7 Å². The van der Waals surface area contributed by atoms with Gasteiger partial charge in [0.05, 0.1) is 6.54 Å². The summed E-state index contributed by atoms with van der Waals surface area (Å²) < 4.78 is 1.61. The van der Waals surface area contributed by atoms with E-state index in [4.69, 9.17) is 5.73 Å². The van der Waals surface area contributed by atoms with Crippen LogP contribution in [0.25, 0.3) is 11.2 Å². The van der Waals surface area contributed by atoms with Gasteiger partial charge >= 0.3 is 5.69 Å². The van der Waals surface area contributed by atoms with Crippen molar-refractivity contribution in [1.82, 2.24) is 19.5 Å². The molecule has 0 radical (unpaired) electrons. The molecule has 6 nitrogen and oxygen atoms in total. The maximum Gasteiger partial charge on any atom is 0.328 e. The van der Waals surface area contributed by atoms with E-state index >= 15 is 0 Å². The minimum absolute atomic E-state index is 0.191. The lowest BCUT2D eigenvalue weighted by atomic mass is 10.2. The van der Waals surface area contributed by atoms with E-state index in [1.54, 1.807) is 16.3 Å². The van der Waals surface area contributed by atoms with E-state index in [9.17, 15) is 4.79 Å². The Balaban J connectivity index is 1.95. The molecule has 0 aliphatic rings. The van der Waals surface area contributed by atoms with Crippen molar-refractivity contribution < 1.29 is 0 Å². The number of nitrogens with zero attached hydrogens (tertiary/aromatic N) is 3. The van der Waals surface area contributed by atoms with E-state index in [0.717, 1.165) is 22.8 Å². The molecule has 0 aliphatic carbocycles. The topological polar surface area (TPSA) is 89.6 Å². The van der Waals surface area contributed by atoms with Crippen LogP contribution in [-0.2, 0) is 6.54 Å². The number of hydrogen-bond donors (Lipinski definition) is 2. The van der Waals surface area contributed by atoms with Crippen molar-refractivity contribution in [2.45, 2.75) is 37.8 Å². The number of fused-ring (bicyclic) bond motifs is 1. The minimum Gasteiger partial charge on any atom is -0.368 e. The van der Waals surface area contributed by atoms with Crippen LogP contribution in [0.3, 0.4) is 0 Å². The molecule has 0 spiro atoms. The average Bonchev–Trinajstić information content (AvgIpc) is 2.89. The molecule has 3 aromatic rings. The molecule has 2 heterocycles. The number of aromatic amines is 1. The fourth-order valence-electron chi connectivity index (χ4n) is 2.56. The molecule has 3 N–H and O–H groups in total. The minimum atomic E-state index is -0.191. The van der Waals surface area contributed by atoms with Gasteiger partial charge in [-0.2, -0.15) is 4.98 Å². The summed E-state index contributed by atoms with van der Waals surface area (Å²) >= 11 is 1.62. The quantitative estimate of drug-likeness (QED) is 0.391. The van der Waals surface area contributed by atoms with Crippen molar-refractivity contribution in [2.75, 3.05) is 11.5 Å². The predicted molar refractivity (Wildman–Crippen MR) is 98.4 cm³/mol. The maximum absolute atomic E-state index is 12.4. The highest BCUT2D eigenvalue weighted by Gasteiger charge is 2.15. The number of anilines is 1. The number of hydrogen-bond acceptors (Lipinski definition) is 5. The Morgan fingerprint density at radius 2 is 2.00 bits per heavy atom. The zero-order valence-electron chi connectivity index (χ0n) is 13.7. The summed E-state index contributed by atoms with van der Waals surface area (Å²) in [5, 5.41) is 0.748. The van der Waals surface area contributed by atoms with Gasteiger partial charge < -0.3 is 10.7 Å². The van der Waals surface area contributed by atoms with Gasteiger partial charge in [-0.3, -0.25) is 4.57 Å². The summed E-state index contributed by atoms with van der Waals surface area (Å²) in [5.41, 5.74) is 7.95. The highest BCUT2D eigenvalue weighted by atomic mass is 32.2. The molecule has 0 fully saturated rings. The molecule has 1 aromatic carbocycles. The second kappa shape index (κ2) is 7.53. The lowest BCUT2D eigenvalue weighted by Gasteiger charge is -2.05. The summed E-state index contributed by atoms with van der Waals surface area (Å²) in [6.07, 6.45) is 3.47. The third-order valence-corrected chi connectivity index (χ3v) is 4.84. The Morgan fingerprint density at radius 3 is 2.75 bits per heavy atom. The van der Waals surface area contributed by atoms with E-state index in [1.807, 2.05) is 30.3 Å². The van der Waals surface area contributed by atoms with Crippen LogP contribution in [0.4, 0.5) is 5.95 Å². The Labute approximate surface area is 144 Å². The first-order chi connectivity index (χ1) is 11.7. The van der Waals surface area contributed by atoms with E-state index in [1.165, 1.54) is 12.8 Å². The smallest absolute Gasteiger partial charge is 0.328 e. The van der Waals surface area contributed by atoms with Crippen molar-refractivity contribution in [3.63, 3.8) is 0 Å². The SMILES string of the molecule is CCCCCSc1nc(N)nc2c1[nH]c(=O)n2Cc1ccccc1. The van der Waals surface area contributed by atoms with Gasteiger partial charge in [-0.15, -0.1) is 11.8 Å². The Hall–Kier alpha value is -2.28. The molecular formula is C17H21N5OS. The first kappa shape index (κ1) is 16.6. The van der Waals surface area contributed by atoms with Gasteiger partial charge in [-0.05, 0) is 17.7 Å². The molecule has 7 heteroatoms. The van der Waals surface area contributed by atoms with E-state index < -0.39 is 0 Å². The van der Waals surface area contributed by atoms with Crippen LogP contribution in [0, 0.1) is 0 Å². The number of H-pyrrole nitrogens is 1. The molecule has 0 atom stereocenters. The number of unbranched alkanes of at least 4 members (excludes halogenated alkanes) is 2. The van der Waals surface area contributed by atoms with Gasteiger partial charge in [-0.25, -0.2) is 9.78 Å².